The highest BCUT2D eigenvalue weighted by Gasteiger charge is 2.62. The minimum atomic E-state index is -1.14. The Morgan fingerprint density at radius 3 is 2.69 bits per heavy atom. The maximum absolute atomic E-state index is 14.0. The van der Waals surface area contributed by atoms with Crippen molar-refractivity contribution in [3.05, 3.63) is 48.0 Å². The molecule has 1 saturated carbocycles. The summed E-state index contributed by atoms with van der Waals surface area (Å²) in [4.78, 5) is 48.5. The van der Waals surface area contributed by atoms with E-state index in [1.165, 1.54) is 11.3 Å². The predicted octanol–water partition coefficient (Wildman–Crippen LogP) is 3.50. The molecule has 5 atom stereocenters. The maximum atomic E-state index is 14.0. The van der Waals surface area contributed by atoms with Gasteiger partial charge in [0.25, 0.3) is 0 Å². The van der Waals surface area contributed by atoms with Crippen molar-refractivity contribution in [3.63, 3.8) is 0 Å². The molecule has 45 heavy (non-hydrogen) atoms. The van der Waals surface area contributed by atoms with Crippen LogP contribution in [0.2, 0.25) is 0 Å². The molecule has 0 radical (unpaired) electrons. The van der Waals surface area contributed by atoms with Crippen LogP contribution in [0.1, 0.15) is 57.9 Å². The molecule has 1 aromatic carbocycles. The van der Waals surface area contributed by atoms with Crippen LogP contribution < -0.4 is 15.8 Å². The lowest BCUT2D eigenvalue weighted by Crippen LogP contribution is -2.55. The van der Waals surface area contributed by atoms with Gasteiger partial charge >= 0.3 is 5.97 Å². The summed E-state index contributed by atoms with van der Waals surface area (Å²) in [6.45, 7) is 2.16. The van der Waals surface area contributed by atoms with Crippen molar-refractivity contribution in [2.24, 2.45) is 11.7 Å². The number of rotatable bonds is 6. The number of nitrogens with two attached hydrogens (primary N) is 1. The van der Waals surface area contributed by atoms with Crippen LogP contribution in [0.25, 0.3) is 22.0 Å². The van der Waals surface area contributed by atoms with Gasteiger partial charge in [-0.2, -0.15) is 9.90 Å². The summed E-state index contributed by atoms with van der Waals surface area (Å²) in [6.07, 6.45) is 10.6. The second-order valence-electron chi connectivity index (χ2n) is 11.8. The van der Waals surface area contributed by atoms with E-state index in [4.69, 9.17) is 25.4 Å². The third-order valence-electron chi connectivity index (χ3n) is 8.89. The normalized spacial score (nSPS) is 27.8. The molecule has 1 aliphatic carbocycles. The fraction of sp³-hybridized carbons (Fsp3) is 0.500. The smallest absolute Gasteiger partial charge is 0.332 e. The van der Waals surface area contributed by atoms with Crippen LogP contribution in [0.3, 0.4) is 0 Å². The molecular formula is C32H39N7O5S. The van der Waals surface area contributed by atoms with Gasteiger partial charge in [-0.25, -0.2) is 9.78 Å². The molecule has 238 valence electrons. The van der Waals surface area contributed by atoms with Crippen molar-refractivity contribution < 1.29 is 23.9 Å². The van der Waals surface area contributed by atoms with Crippen molar-refractivity contribution in [2.45, 2.75) is 75.5 Å². The zero-order valence-corrected chi connectivity index (χ0v) is 26.4. The Bertz CT molecular complexity index is 1560. The average Bonchev–Trinajstić information content (AvgIpc) is 3.51. The molecule has 12 nitrogen and oxygen atoms in total. The topological polar surface area (TPSA) is 155 Å². The molecule has 2 aromatic heterocycles. The van der Waals surface area contributed by atoms with E-state index in [1.54, 1.807) is 29.9 Å². The summed E-state index contributed by atoms with van der Waals surface area (Å²) in [7, 11) is 1.61. The molecule has 13 heteroatoms. The Kier molecular flexibility index (Phi) is 8.99. The first-order valence-electron chi connectivity index (χ1n) is 15.6. The largest absolute Gasteiger partial charge is 0.497 e. The Hall–Kier alpha value is -4.10. The number of thiazole rings is 1. The third-order valence-corrected chi connectivity index (χ3v) is 9.67. The van der Waals surface area contributed by atoms with Gasteiger partial charge in [0, 0.05) is 36.0 Å². The van der Waals surface area contributed by atoms with Gasteiger partial charge in [0.1, 0.15) is 33.7 Å². The number of carbonyl (C=O) groups is 3. The van der Waals surface area contributed by atoms with E-state index in [1.807, 2.05) is 35.7 Å². The van der Waals surface area contributed by atoms with Gasteiger partial charge in [-0.3, -0.25) is 9.59 Å². The number of benzene rings is 1. The molecule has 0 bridgehead atoms. The van der Waals surface area contributed by atoms with Crippen LogP contribution in [-0.2, 0) is 19.1 Å². The van der Waals surface area contributed by atoms with Gasteiger partial charge in [-0.1, -0.05) is 25.0 Å². The van der Waals surface area contributed by atoms with Gasteiger partial charge in [0.05, 0.1) is 25.8 Å². The van der Waals surface area contributed by atoms with Crippen LogP contribution in [0, 0.1) is 5.92 Å². The number of fused-ring (bicyclic) bond motifs is 2. The van der Waals surface area contributed by atoms with Gasteiger partial charge < -0.3 is 25.4 Å². The van der Waals surface area contributed by atoms with Gasteiger partial charge in [-0.05, 0) is 56.9 Å². The molecule has 3 N–H and O–H groups in total. The quantitative estimate of drug-likeness (QED) is 0.307. The molecule has 2 aliphatic heterocycles. The Morgan fingerprint density at radius 2 is 1.96 bits per heavy atom. The molecule has 0 spiro atoms. The summed E-state index contributed by atoms with van der Waals surface area (Å²) in [5.41, 5.74) is 7.37. The zero-order valence-electron chi connectivity index (χ0n) is 25.6. The molecule has 3 aromatic rings. The standard InChI is InChI=1S/C32H39N7O5S/c1-3-44-31(42)32-18-21(32)9-7-5-4-6-8-10-24(33)30(41)38-19-22(17-25(38)28(40)35-32)39-36-26(20-11-13-23(43-2)14-12-20)27(37-39)29-34-15-16-45-29/h7,9,11-16,21-22,24-25H,3-6,8,10,17-19,33H2,1-2H3,(H,35,40)/b9-7-/t21-,22-,24+,25+,32-/m1/s1. The molecule has 2 fully saturated rings. The minimum Gasteiger partial charge on any atom is -0.497 e. The van der Waals surface area contributed by atoms with Crippen molar-refractivity contribution in [2.75, 3.05) is 20.3 Å². The van der Waals surface area contributed by atoms with Crippen LogP contribution in [0.4, 0.5) is 0 Å². The van der Waals surface area contributed by atoms with E-state index >= 15 is 0 Å². The number of ether oxygens (including phenoxy) is 2. The first kappa shape index (κ1) is 30.9. The molecule has 6 rings (SSSR count). The molecular weight excluding hydrogens is 594 g/mol. The summed E-state index contributed by atoms with van der Waals surface area (Å²) in [5.74, 6) is -0.579. The van der Waals surface area contributed by atoms with E-state index in [0.717, 1.165) is 37.0 Å². The first-order valence-corrected chi connectivity index (χ1v) is 16.5. The Labute approximate surface area is 266 Å². The number of nitrogens with one attached hydrogen (secondary N) is 1. The maximum Gasteiger partial charge on any atom is 0.332 e. The van der Waals surface area contributed by atoms with Crippen molar-refractivity contribution in [1.82, 2.24) is 30.2 Å². The molecule has 0 unspecified atom stereocenters. The number of carbonyl (C=O) groups excluding carboxylic acids is 3. The van der Waals surface area contributed by atoms with E-state index in [0.29, 0.717) is 29.2 Å². The highest BCUT2D eigenvalue weighted by Crippen LogP contribution is 2.46. The number of hydrogen-bond acceptors (Lipinski definition) is 10. The van der Waals surface area contributed by atoms with Gasteiger partial charge in [-0.15, -0.1) is 16.4 Å². The summed E-state index contributed by atoms with van der Waals surface area (Å²) >= 11 is 1.45. The van der Waals surface area contributed by atoms with Crippen molar-refractivity contribution >= 4 is 29.1 Å². The van der Waals surface area contributed by atoms with E-state index in [9.17, 15) is 14.4 Å². The fourth-order valence-electron chi connectivity index (χ4n) is 6.30. The van der Waals surface area contributed by atoms with E-state index < -0.39 is 35.5 Å². The molecule has 3 aliphatic rings. The lowest BCUT2D eigenvalue weighted by Gasteiger charge is -2.28. The first-order chi connectivity index (χ1) is 21.8. The average molecular weight is 634 g/mol. The minimum absolute atomic E-state index is 0.157. The summed E-state index contributed by atoms with van der Waals surface area (Å²) < 4.78 is 10.7. The van der Waals surface area contributed by atoms with Gasteiger partial charge in [0.15, 0.2) is 0 Å². The third kappa shape index (κ3) is 6.23. The van der Waals surface area contributed by atoms with Crippen molar-refractivity contribution in [1.29, 1.82) is 0 Å². The molecule has 2 amide bonds. The number of amides is 2. The van der Waals surface area contributed by atoms with Crippen molar-refractivity contribution in [3.8, 4) is 27.7 Å². The number of aromatic nitrogens is 4. The molecule has 4 heterocycles. The zero-order chi connectivity index (χ0) is 31.6. The number of nitrogens with zero attached hydrogens (tertiary/aromatic N) is 5. The lowest BCUT2D eigenvalue weighted by molar-refractivity contribution is -0.150. The summed E-state index contributed by atoms with van der Waals surface area (Å²) in [5, 5.41) is 15.3. The Balaban J connectivity index is 1.33. The summed E-state index contributed by atoms with van der Waals surface area (Å²) in [6, 6.07) is 5.54. The fourth-order valence-corrected chi connectivity index (χ4v) is 6.92. The van der Waals surface area contributed by atoms with E-state index in [2.05, 4.69) is 16.4 Å². The highest BCUT2D eigenvalue weighted by atomic mass is 32.1. The van der Waals surface area contributed by atoms with Gasteiger partial charge in [0.2, 0.25) is 11.8 Å². The van der Waals surface area contributed by atoms with Crippen LogP contribution in [0.15, 0.2) is 48.0 Å². The number of methoxy groups -OCH3 is 1. The van der Waals surface area contributed by atoms with Crippen LogP contribution in [0.5, 0.6) is 5.75 Å². The monoisotopic (exact) mass is 633 g/mol. The Morgan fingerprint density at radius 1 is 1.16 bits per heavy atom. The number of allylic oxidation sites excluding steroid dienone is 1. The SMILES string of the molecule is CCOC(=O)[C@@]12C[C@H]1/C=C\CCCCC[C@H](N)C(=O)N1C[C@H](n3nc(-c4ccc(OC)cc4)c(-c4nccs4)n3)C[C@H]1C(=O)N2. The van der Waals surface area contributed by atoms with Crippen LogP contribution in [-0.4, -0.2) is 80.5 Å². The number of esters is 1. The number of hydrogen-bond donors (Lipinski definition) is 2. The molecule has 1 saturated heterocycles. The second kappa shape index (κ2) is 13.1. The second-order valence-corrected chi connectivity index (χ2v) is 12.7. The van der Waals surface area contributed by atoms with E-state index in [-0.39, 0.29) is 31.4 Å². The van der Waals surface area contributed by atoms with Crippen LogP contribution >= 0.6 is 11.3 Å². The lowest BCUT2D eigenvalue weighted by atomic mass is 10.1. The highest BCUT2D eigenvalue weighted by molar-refractivity contribution is 7.13. The predicted molar refractivity (Wildman–Crippen MR) is 168 cm³/mol.